The van der Waals surface area contributed by atoms with Gasteiger partial charge < -0.3 is 19.7 Å². The minimum Gasteiger partial charge on any atom is -0.493 e. The Bertz CT molecular complexity index is 1180. The largest absolute Gasteiger partial charge is 0.493 e. The molecule has 0 aliphatic heterocycles. The molecule has 0 radical (unpaired) electrons. The highest BCUT2D eigenvalue weighted by Gasteiger charge is 2.34. The van der Waals surface area contributed by atoms with Crippen LogP contribution in [-0.2, 0) is 17.8 Å². The molecule has 1 N–H and O–H groups in total. The molecule has 0 bridgehead atoms. The van der Waals surface area contributed by atoms with Crippen LogP contribution in [0.5, 0.6) is 11.5 Å². The van der Waals surface area contributed by atoms with Crippen molar-refractivity contribution in [2.45, 2.75) is 38.5 Å². The first-order valence-electron chi connectivity index (χ1n) is 11.3. The fourth-order valence-electron chi connectivity index (χ4n) is 3.86. The molecule has 1 fully saturated rings. The second kappa shape index (κ2) is 11.0. The summed E-state index contributed by atoms with van der Waals surface area (Å²) in [5, 5.41) is 2.87. The van der Waals surface area contributed by atoms with Crippen LogP contribution in [0.15, 0.2) is 72.8 Å². The van der Waals surface area contributed by atoms with Crippen LogP contribution in [0.4, 0.5) is 14.5 Å². The van der Waals surface area contributed by atoms with Gasteiger partial charge in [-0.05, 0) is 48.2 Å². The highest BCUT2D eigenvalue weighted by molar-refractivity contribution is 6.04. The maximum absolute atomic E-state index is 13.6. The Morgan fingerprint density at radius 3 is 2.37 bits per heavy atom. The van der Waals surface area contributed by atoms with Crippen LogP contribution >= 0.6 is 0 Å². The summed E-state index contributed by atoms with van der Waals surface area (Å²) in [5.41, 5.74) is 2.43. The van der Waals surface area contributed by atoms with Gasteiger partial charge in [0.05, 0.1) is 24.8 Å². The number of anilines is 1. The van der Waals surface area contributed by atoms with E-state index in [9.17, 15) is 18.4 Å². The standard InChI is InChI=1S/C27H26F2N2O4/c1-34-24-15-19(11-14-23(24)35-27(28)29)17-31(20-12-13-20)26(33)21-9-5-6-10-22(21)30-25(32)16-18-7-3-2-4-8-18/h2-11,14-15,20,27H,12-13,16-17H2,1H3,(H,30,32). The Morgan fingerprint density at radius 2 is 1.69 bits per heavy atom. The van der Waals surface area contributed by atoms with Crippen molar-refractivity contribution in [1.82, 2.24) is 4.90 Å². The van der Waals surface area contributed by atoms with Crippen LogP contribution in [0.25, 0.3) is 0 Å². The Morgan fingerprint density at radius 1 is 0.971 bits per heavy atom. The Balaban J connectivity index is 1.52. The Labute approximate surface area is 202 Å². The summed E-state index contributed by atoms with van der Waals surface area (Å²) in [7, 11) is 1.37. The fraction of sp³-hybridized carbons (Fsp3) is 0.259. The van der Waals surface area contributed by atoms with Crippen molar-refractivity contribution in [3.8, 4) is 11.5 Å². The fourth-order valence-corrected chi connectivity index (χ4v) is 3.86. The quantitative estimate of drug-likeness (QED) is 0.429. The van der Waals surface area contributed by atoms with Gasteiger partial charge in [0.2, 0.25) is 5.91 Å². The highest BCUT2D eigenvalue weighted by atomic mass is 19.3. The zero-order valence-corrected chi connectivity index (χ0v) is 19.2. The van der Waals surface area contributed by atoms with Crippen LogP contribution < -0.4 is 14.8 Å². The van der Waals surface area contributed by atoms with E-state index in [4.69, 9.17) is 4.74 Å². The summed E-state index contributed by atoms with van der Waals surface area (Å²) >= 11 is 0. The molecule has 0 atom stereocenters. The third kappa shape index (κ3) is 6.35. The van der Waals surface area contributed by atoms with Gasteiger partial charge in [-0.3, -0.25) is 9.59 Å². The van der Waals surface area contributed by atoms with E-state index in [0.717, 1.165) is 18.4 Å². The molecule has 0 unspecified atom stereocenters. The van der Waals surface area contributed by atoms with Gasteiger partial charge in [-0.1, -0.05) is 48.5 Å². The number of nitrogens with zero attached hydrogens (tertiary/aromatic N) is 1. The number of rotatable bonds is 10. The number of carbonyl (C=O) groups is 2. The predicted octanol–water partition coefficient (Wildman–Crippen LogP) is 5.28. The molecule has 6 nitrogen and oxygen atoms in total. The molecular formula is C27H26F2N2O4. The number of ether oxygens (including phenoxy) is 2. The maximum atomic E-state index is 13.6. The second-order valence-corrected chi connectivity index (χ2v) is 8.28. The van der Waals surface area contributed by atoms with Crippen molar-refractivity contribution < 1.29 is 27.8 Å². The molecule has 3 aromatic carbocycles. The number of nitrogens with one attached hydrogen (secondary N) is 1. The van der Waals surface area contributed by atoms with E-state index in [-0.39, 0.29) is 42.3 Å². The van der Waals surface area contributed by atoms with Gasteiger partial charge in [0, 0.05) is 12.6 Å². The Kier molecular flexibility index (Phi) is 7.60. The first-order valence-corrected chi connectivity index (χ1v) is 11.3. The first-order chi connectivity index (χ1) is 16.9. The highest BCUT2D eigenvalue weighted by Crippen LogP contribution is 2.34. The number of hydrogen-bond donors (Lipinski definition) is 1. The van der Waals surface area contributed by atoms with E-state index in [0.29, 0.717) is 16.8 Å². The summed E-state index contributed by atoms with van der Waals surface area (Å²) in [6.07, 6.45) is 1.94. The molecule has 2 amide bonds. The van der Waals surface area contributed by atoms with Crippen molar-refractivity contribution in [2.24, 2.45) is 0 Å². The Hall–Kier alpha value is -3.94. The molecule has 1 saturated carbocycles. The minimum atomic E-state index is -2.96. The number of para-hydroxylation sites is 1. The zero-order valence-electron chi connectivity index (χ0n) is 19.2. The van der Waals surface area contributed by atoms with E-state index in [2.05, 4.69) is 10.1 Å². The summed E-state index contributed by atoms with van der Waals surface area (Å²) in [6, 6.07) is 21.0. The molecule has 3 aromatic rings. The predicted molar refractivity (Wildman–Crippen MR) is 128 cm³/mol. The summed E-state index contributed by atoms with van der Waals surface area (Å²) in [5.74, 6) is -0.328. The number of hydrogen-bond acceptors (Lipinski definition) is 4. The molecule has 35 heavy (non-hydrogen) atoms. The van der Waals surface area contributed by atoms with Gasteiger partial charge in [0.25, 0.3) is 5.91 Å². The molecule has 182 valence electrons. The minimum absolute atomic E-state index is 0.0676. The third-order valence-corrected chi connectivity index (χ3v) is 5.68. The van der Waals surface area contributed by atoms with E-state index in [1.165, 1.54) is 13.2 Å². The normalized spacial score (nSPS) is 12.8. The van der Waals surface area contributed by atoms with Crippen LogP contribution in [0.2, 0.25) is 0 Å². The number of methoxy groups -OCH3 is 1. The molecule has 4 rings (SSSR count). The average molecular weight is 481 g/mol. The zero-order chi connectivity index (χ0) is 24.8. The lowest BCUT2D eigenvalue weighted by atomic mass is 10.1. The van der Waals surface area contributed by atoms with Gasteiger partial charge in [0.15, 0.2) is 11.5 Å². The number of carbonyl (C=O) groups excluding carboxylic acids is 2. The van der Waals surface area contributed by atoms with Gasteiger partial charge >= 0.3 is 6.61 Å². The van der Waals surface area contributed by atoms with E-state index < -0.39 is 6.61 Å². The van der Waals surface area contributed by atoms with Crippen LogP contribution in [0.3, 0.4) is 0 Å². The lowest BCUT2D eigenvalue weighted by molar-refractivity contribution is -0.115. The monoisotopic (exact) mass is 480 g/mol. The van der Waals surface area contributed by atoms with Gasteiger partial charge in [-0.25, -0.2) is 0 Å². The number of benzene rings is 3. The second-order valence-electron chi connectivity index (χ2n) is 8.28. The first kappa shape index (κ1) is 24.2. The number of amides is 2. The summed E-state index contributed by atoms with van der Waals surface area (Å²) in [6.45, 7) is -2.70. The third-order valence-electron chi connectivity index (χ3n) is 5.68. The molecular weight excluding hydrogens is 454 g/mol. The lowest BCUT2D eigenvalue weighted by Crippen LogP contribution is -2.33. The molecule has 0 saturated heterocycles. The average Bonchev–Trinajstić information content (AvgIpc) is 3.69. The smallest absolute Gasteiger partial charge is 0.387 e. The van der Waals surface area contributed by atoms with Gasteiger partial charge in [0.1, 0.15) is 0 Å². The topological polar surface area (TPSA) is 67.9 Å². The molecule has 1 aliphatic rings. The molecule has 0 aromatic heterocycles. The van der Waals surface area contributed by atoms with Crippen molar-refractivity contribution in [2.75, 3.05) is 12.4 Å². The molecule has 0 spiro atoms. The van der Waals surface area contributed by atoms with Gasteiger partial charge in [-0.2, -0.15) is 8.78 Å². The van der Waals surface area contributed by atoms with Crippen molar-refractivity contribution in [1.29, 1.82) is 0 Å². The van der Waals surface area contributed by atoms with E-state index in [1.54, 1.807) is 41.3 Å². The summed E-state index contributed by atoms with van der Waals surface area (Å²) < 4.78 is 35.0. The molecule has 0 heterocycles. The van der Waals surface area contributed by atoms with Gasteiger partial charge in [-0.15, -0.1) is 0 Å². The SMILES string of the molecule is COc1cc(CN(C(=O)c2ccccc2NC(=O)Cc2ccccc2)C2CC2)ccc1OC(F)F. The van der Waals surface area contributed by atoms with E-state index >= 15 is 0 Å². The van der Waals surface area contributed by atoms with E-state index in [1.807, 2.05) is 30.3 Å². The number of alkyl halides is 2. The van der Waals surface area contributed by atoms with Crippen LogP contribution in [-0.4, -0.2) is 36.5 Å². The van der Waals surface area contributed by atoms with Crippen molar-refractivity contribution >= 4 is 17.5 Å². The number of halogens is 2. The summed E-state index contributed by atoms with van der Waals surface area (Å²) in [4.78, 5) is 27.9. The maximum Gasteiger partial charge on any atom is 0.387 e. The lowest BCUT2D eigenvalue weighted by Gasteiger charge is -2.24. The van der Waals surface area contributed by atoms with Crippen molar-refractivity contribution in [3.05, 3.63) is 89.5 Å². The van der Waals surface area contributed by atoms with Crippen molar-refractivity contribution in [3.63, 3.8) is 0 Å². The van der Waals surface area contributed by atoms with Crippen LogP contribution in [0.1, 0.15) is 34.3 Å². The molecule has 8 heteroatoms. The van der Waals surface area contributed by atoms with Crippen LogP contribution in [0, 0.1) is 0 Å². The molecule has 1 aliphatic carbocycles.